The van der Waals surface area contributed by atoms with Crippen molar-refractivity contribution in [2.75, 3.05) is 5.73 Å². The number of nitrogens with one attached hydrogen (secondary N) is 1. The quantitative estimate of drug-likeness (QED) is 0.379. The highest BCUT2D eigenvalue weighted by Gasteiger charge is 2.48. The van der Waals surface area contributed by atoms with E-state index >= 15 is 0 Å². The van der Waals surface area contributed by atoms with Crippen molar-refractivity contribution in [3.63, 3.8) is 0 Å². The van der Waals surface area contributed by atoms with Gasteiger partial charge in [0.15, 0.2) is 0 Å². The van der Waals surface area contributed by atoms with Gasteiger partial charge in [-0.15, -0.1) is 11.6 Å². The Hall–Kier alpha value is -1.16. The van der Waals surface area contributed by atoms with E-state index in [1.165, 1.54) is 0 Å². The Morgan fingerprint density at radius 3 is 2.03 bits per heavy atom. The predicted octanol–water partition coefficient (Wildman–Crippen LogP) is 7.14. The zero-order chi connectivity index (χ0) is 23.1. The number of aromatic nitrogens is 1. The number of hydrogen-bond donors (Lipinski definition) is 2. The molecule has 1 heterocycles. The van der Waals surface area contributed by atoms with Gasteiger partial charge in [-0.25, -0.2) is 4.79 Å². The lowest BCUT2D eigenvalue weighted by Gasteiger charge is -2.50. The van der Waals surface area contributed by atoms with Gasteiger partial charge in [-0.05, 0) is 66.8 Å². The topological polar surface area (TPSA) is 68.1 Å². The molecular weight excluding hydrogens is 408 g/mol. The fraction of sp³-hybridized carbons (Fsp3) is 0.808. The Morgan fingerprint density at radius 1 is 1.03 bits per heavy atom. The molecule has 0 radical (unpaired) electrons. The first kappa shape index (κ1) is 24.5. The van der Waals surface area contributed by atoms with Gasteiger partial charge in [-0.2, -0.15) is 0 Å². The van der Waals surface area contributed by atoms with Crippen molar-refractivity contribution in [3.8, 4) is 0 Å². The number of nitrogen functional groups attached to an aromatic ring is 1. The van der Waals surface area contributed by atoms with Crippen LogP contribution in [0.2, 0.25) is 0 Å². The van der Waals surface area contributed by atoms with E-state index in [1.54, 1.807) is 0 Å². The van der Waals surface area contributed by atoms with Gasteiger partial charge in [0.2, 0.25) is 0 Å². The molecule has 0 saturated heterocycles. The molecule has 5 heteroatoms. The molecule has 2 fully saturated rings. The largest absolute Gasteiger partial charge is 0.458 e. The van der Waals surface area contributed by atoms with Crippen molar-refractivity contribution in [3.05, 3.63) is 17.3 Å². The van der Waals surface area contributed by atoms with E-state index in [-0.39, 0.29) is 28.3 Å². The second-order valence-electron chi connectivity index (χ2n) is 12.4. The fourth-order valence-electron chi connectivity index (χ4n) is 5.92. The van der Waals surface area contributed by atoms with Gasteiger partial charge in [0.05, 0.1) is 0 Å². The summed E-state index contributed by atoms with van der Waals surface area (Å²) in [5.41, 5.74) is 7.95. The molecule has 2 aliphatic carbocycles. The number of nitrogens with two attached hydrogens (primary N) is 1. The maximum Gasteiger partial charge on any atom is 0.342 e. The van der Waals surface area contributed by atoms with Gasteiger partial charge >= 0.3 is 5.97 Å². The first-order chi connectivity index (χ1) is 14.3. The van der Waals surface area contributed by atoms with Crippen molar-refractivity contribution in [2.24, 2.45) is 28.6 Å². The molecule has 3 rings (SSSR count). The van der Waals surface area contributed by atoms with Crippen LogP contribution in [0.25, 0.3) is 0 Å². The van der Waals surface area contributed by atoms with E-state index in [1.807, 2.05) is 6.20 Å². The summed E-state index contributed by atoms with van der Waals surface area (Å²) in [6.07, 6.45) is 7.91. The zero-order valence-corrected chi connectivity index (χ0v) is 21.3. The van der Waals surface area contributed by atoms with Crippen LogP contribution in [0, 0.1) is 28.6 Å². The number of carbonyl (C=O) groups is 1. The maximum atomic E-state index is 13.6. The highest BCUT2D eigenvalue weighted by atomic mass is 35.5. The second-order valence-corrected chi connectivity index (χ2v) is 13.0. The van der Waals surface area contributed by atoms with Crippen molar-refractivity contribution in [1.82, 2.24) is 4.98 Å². The van der Waals surface area contributed by atoms with Crippen LogP contribution in [-0.4, -0.2) is 22.4 Å². The molecule has 4 nitrogen and oxygen atoms in total. The summed E-state index contributed by atoms with van der Waals surface area (Å²) in [7, 11) is 0. The monoisotopic (exact) mass is 450 g/mol. The third-order valence-corrected chi connectivity index (χ3v) is 8.25. The molecule has 2 aliphatic rings. The minimum absolute atomic E-state index is 0.0639. The van der Waals surface area contributed by atoms with Gasteiger partial charge in [0.1, 0.15) is 17.5 Å². The van der Waals surface area contributed by atoms with Crippen LogP contribution < -0.4 is 5.73 Å². The van der Waals surface area contributed by atoms with Crippen LogP contribution in [0.3, 0.4) is 0 Å². The van der Waals surface area contributed by atoms with Crippen LogP contribution in [0.1, 0.15) is 109 Å². The molecular formula is C26H43ClN2O2. The lowest BCUT2D eigenvalue weighted by molar-refractivity contribution is -0.0923. The average molecular weight is 451 g/mol. The van der Waals surface area contributed by atoms with Crippen LogP contribution >= 0.6 is 11.6 Å². The van der Waals surface area contributed by atoms with Crippen molar-refractivity contribution < 1.29 is 9.53 Å². The number of carbonyl (C=O) groups excluding carboxylic acids is 1. The number of anilines is 1. The van der Waals surface area contributed by atoms with Crippen LogP contribution in [0.15, 0.2) is 6.20 Å². The molecule has 0 aliphatic heterocycles. The minimum atomic E-state index is -0.259. The number of hydrogen-bond acceptors (Lipinski definition) is 3. The summed E-state index contributed by atoms with van der Waals surface area (Å²) in [5.74, 6) is 1.75. The predicted molar refractivity (Wildman–Crippen MR) is 130 cm³/mol. The summed E-state index contributed by atoms with van der Waals surface area (Å²) in [6, 6.07) is 0. The number of halogens is 1. The van der Waals surface area contributed by atoms with Gasteiger partial charge in [-0.1, -0.05) is 48.5 Å². The first-order valence-electron chi connectivity index (χ1n) is 12.1. The molecule has 3 N–H and O–H groups in total. The lowest BCUT2D eigenvalue weighted by atomic mass is 9.59. The Morgan fingerprint density at radius 2 is 1.55 bits per heavy atom. The number of aromatic amines is 1. The maximum absolute atomic E-state index is 13.6. The second kappa shape index (κ2) is 9.00. The number of esters is 1. The molecule has 2 unspecified atom stereocenters. The fourth-order valence-corrected chi connectivity index (χ4v) is 6.17. The molecule has 1 aromatic heterocycles. The van der Waals surface area contributed by atoms with Crippen LogP contribution in [-0.2, 0) is 4.74 Å². The molecule has 31 heavy (non-hydrogen) atoms. The summed E-state index contributed by atoms with van der Waals surface area (Å²) < 4.78 is 6.43. The summed E-state index contributed by atoms with van der Waals surface area (Å²) in [5, 5.41) is 0.243. The highest BCUT2D eigenvalue weighted by Crippen LogP contribution is 2.50. The Kier molecular flexibility index (Phi) is 7.11. The van der Waals surface area contributed by atoms with E-state index < -0.39 is 0 Å². The van der Waals surface area contributed by atoms with Gasteiger partial charge < -0.3 is 15.5 Å². The van der Waals surface area contributed by atoms with E-state index in [4.69, 9.17) is 22.1 Å². The van der Waals surface area contributed by atoms with E-state index in [2.05, 4.69) is 53.5 Å². The smallest absolute Gasteiger partial charge is 0.342 e. The summed E-state index contributed by atoms with van der Waals surface area (Å²) in [4.78, 5) is 16.7. The van der Waals surface area contributed by atoms with Gasteiger partial charge in [0.25, 0.3) is 0 Å². The lowest BCUT2D eigenvalue weighted by Crippen LogP contribution is -2.49. The highest BCUT2D eigenvalue weighted by molar-refractivity contribution is 6.20. The van der Waals surface area contributed by atoms with E-state index in [9.17, 15) is 4.79 Å². The summed E-state index contributed by atoms with van der Waals surface area (Å²) >= 11 is 6.31. The Bertz CT molecular complexity index is 741. The van der Waals surface area contributed by atoms with Gasteiger partial charge in [-0.3, -0.25) is 0 Å². The molecule has 0 aromatic carbocycles. The average Bonchev–Trinajstić information content (AvgIpc) is 3.03. The van der Waals surface area contributed by atoms with Crippen molar-refractivity contribution in [1.29, 1.82) is 0 Å². The zero-order valence-electron chi connectivity index (χ0n) is 20.6. The summed E-state index contributed by atoms with van der Waals surface area (Å²) in [6.45, 7) is 16.0. The molecule has 0 amide bonds. The van der Waals surface area contributed by atoms with Gasteiger partial charge in [0, 0.05) is 23.4 Å². The SMILES string of the molecule is CC1CC(C(C)(C)C)C(OC(=O)c2c(C3CCC(Cl)CC3)c[nH]c2N)C(C(C)(C)C)C1. The molecule has 0 spiro atoms. The molecule has 1 aromatic rings. The number of alkyl halides is 1. The molecule has 2 atom stereocenters. The first-order valence-corrected chi connectivity index (χ1v) is 12.5. The van der Waals surface area contributed by atoms with Crippen molar-refractivity contribution in [2.45, 2.75) is 104 Å². The normalized spacial score (nSPS) is 32.6. The third-order valence-electron chi connectivity index (χ3n) is 7.82. The van der Waals surface area contributed by atoms with Crippen LogP contribution in [0.5, 0.6) is 0 Å². The number of rotatable bonds is 3. The van der Waals surface area contributed by atoms with E-state index in [0.717, 1.165) is 44.1 Å². The third kappa shape index (κ3) is 5.43. The Labute approximate surface area is 194 Å². The standard InChI is InChI=1S/C26H43ClN2O2/c1-15-12-19(25(2,3)4)22(20(13-15)26(5,6)7)31-24(30)21-18(14-29-23(21)28)16-8-10-17(27)11-9-16/h14-17,19-20,22,29H,8-13,28H2,1-7H3. The van der Waals surface area contributed by atoms with Crippen LogP contribution in [0.4, 0.5) is 5.82 Å². The minimum Gasteiger partial charge on any atom is -0.458 e. The number of H-pyrrole nitrogens is 1. The van der Waals surface area contributed by atoms with Crippen molar-refractivity contribution >= 4 is 23.4 Å². The van der Waals surface area contributed by atoms with E-state index in [0.29, 0.717) is 35.1 Å². The molecule has 0 bridgehead atoms. The number of ether oxygens (including phenoxy) is 1. The molecule has 176 valence electrons. The molecule has 2 saturated carbocycles. The Balaban J connectivity index is 1.90.